The average molecular weight is 360 g/mol. The number of hydrogen-bond donors (Lipinski definition) is 0. The summed E-state index contributed by atoms with van der Waals surface area (Å²) in [5, 5.41) is 0. The molecule has 1 aliphatic rings. The van der Waals surface area contributed by atoms with Crippen molar-refractivity contribution >= 4 is 10.0 Å². The molecule has 0 N–H and O–H groups in total. The van der Waals surface area contributed by atoms with E-state index in [2.05, 4.69) is 21.8 Å². The van der Waals surface area contributed by atoms with E-state index in [-0.39, 0.29) is 10.9 Å². The molecule has 0 bridgehead atoms. The minimum Gasteiger partial charge on any atom is -0.295 e. The molecular weight excluding hydrogens is 336 g/mol. The van der Waals surface area contributed by atoms with Crippen LogP contribution in [0.15, 0.2) is 53.9 Å². The first-order chi connectivity index (χ1) is 12.1. The zero-order chi connectivity index (χ0) is 17.7. The van der Waals surface area contributed by atoms with Gasteiger partial charge in [0.2, 0.25) is 10.0 Å². The van der Waals surface area contributed by atoms with Crippen molar-refractivity contribution in [2.75, 3.05) is 19.6 Å². The maximum Gasteiger partial charge on any atom is 0.244 e. The first-order valence-corrected chi connectivity index (χ1v) is 10.1. The van der Waals surface area contributed by atoms with Crippen LogP contribution in [-0.4, -0.2) is 53.3 Å². The molecule has 0 radical (unpaired) electrons. The normalized spacial score (nSPS) is 19.2. The van der Waals surface area contributed by atoms with Gasteiger partial charge in [0.05, 0.1) is 0 Å². The zero-order valence-electron chi connectivity index (χ0n) is 14.5. The molecule has 0 aliphatic carbocycles. The first kappa shape index (κ1) is 18.0. The van der Waals surface area contributed by atoms with Crippen LogP contribution in [0.25, 0.3) is 0 Å². The second-order valence-corrected chi connectivity index (χ2v) is 8.20. The largest absolute Gasteiger partial charge is 0.295 e. The first-order valence-electron chi connectivity index (χ1n) is 8.64. The van der Waals surface area contributed by atoms with Crippen molar-refractivity contribution < 1.29 is 8.42 Å². The lowest BCUT2D eigenvalue weighted by Gasteiger charge is -2.38. The van der Waals surface area contributed by atoms with E-state index in [9.17, 15) is 8.42 Å². The standard InChI is InChI=1S/C18H24N4O2S/c1-2-21(14-16-7-10-19-11-8-16)17-5-4-12-22(15-17)25(23,24)18-6-3-9-20-13-18/h3,6-11,13,17H,2,4-5,12,14-15H2,1H3. The molecule has 2 aromatic rings. The van der Waals surface area contributed by atoms with Gasteiger partial charge in [0.1, 0.15) is 4.90 Å². The van der Waals surface area contributed by atoms with Gasteiger partial charge in [-0.25, -0.2) is 8.42 Å². The predicted molar refractivity (Wildman–Crippen MR) is 96.3 cm³/mol. The third kappa shape index (κ3) is 4.23. The Morgan fingerprint density at radius 1 is 1.20 bits per heavy atom. The second kappa shape index (κ2) is 8.03. The Morgan fingerprint density at radius 3 is 2.68 bits per heavy atom. The van der Waals surface area contributed by atoms with Gasteiger partial charge in [0, 0.05) is 50.5 Å². The van der Waals surface area contributed by atoms with E-state index >= 15 is 0 Å². The summed E-state index contributed by atoms with van der Waals surface area (Å²) >= 11 is 0. The molecule has 1 fully saturated rings. The number of piperidine rings is 1. The number of pyridine rings is 2. The third-order valence-electron chi connectivity index (χ3n) is 4.69. The molecule has 0 spiro atoms. The quantitative estimate of drug-likeness (QED) is 0.790. The van der Waals surface area contributed by atoms with Crippen LogP contribution in [0.5, 0.6) is 0 Å². The highest BCUT2D eigenvalue weighted by Crippen LogP contribution is 2.23. The van der Waals surface area contributed by atoms with Crippen molar-refractivity contribution in [1.82, 2.24) is 19.2 Å². The zero-order valence-corrected chi connectivity index (χ0v) is 15.3. The van der Waals surface area contributed by atoms with Gasteiger partial charge in [-0.3, -0.25) is 14.9 Å². The minimum absolute atomic E-state index is 0.221. The summed E-state index contributed by atoms with van der Waals surface area (Å²) in [5.74, 6) is 0. The second-order valence-electron chi connectivity index (χ2n) is 6.27. The Bertz CT molecular complexity index is 768. The van der Waals surface area contributed by atoms with E-state index in [0.29, 0.717) is 13.1 Å². The van der Waals surface area contributed by atoms with E-state index in [4.69, 9.17) is 0 Å². The topological polar surface area (TPSA) is 66.4 Å². The van der Waals surface area contributed by atoms with Crippen molar-refractivity contribution in [3.8, 4) is 0 Å². The maximum atomic E-state index is 12.9. The fourth-order valence-corrected chi connectivity index (χ4v) is 4.79. The van der Waals surface area contributed by atoms with Crippen molar-refractivity contribution in [3.05, 3.63) is 54.6 Å². The monoisotopic (exact) mass is 360 g/mol. The molecule has 25 heavy (non-hydrogen) atoms. The van der Waals surface area contributed by atoms with Gasteiger partial charge in [-0.05, 0) is 49.2 Å². The van der Waals surface area contributed by atoms with Gasteiger partial charge in [0.15, 0.2) is 0 Å². The molecule has 1 saturated heterocycles. The van der Waals surface area contributed by atoms with Gasteiger partial charge in [0.25, 0.3) is 0 Å². The number of nitrogens with zero attached hydrogens (tertiary/aromatic N) is 4. The van der Waals surface area contributed by atoms with Gasteiger partial charge >= 0.3 is 0 Å². The van der Waals surface area contributed by atoms with Crippen LogP contribution in [0.1, 0.15) is 25.3 Å². The highest BCUT2D eigenvalue weighted by Gasteiger charge is 2.32. The summed E-state index contributed by atoms with van der Waals surface area (Å²) in [6, 6.07) is 7.51. The summed E-state index contributed by atoms with van der Waals surface area (Å²) in [7, 11) is -3.48. The van der Waals surface area contributed by atoms with Crippen LogP contribution in [0.2, 0.25) is 0 Å². The Hall–Kier alpha value is -1.83. The number of sulfonamides is 1. The highest BCUT2D eigenvalue weighted by atomic mass is 32.2. The lowest BCUT2D eigenvalue weighted by molar-refractivity contribution is 0.134. The smallest absolute Gasteiger partial charge is 0.244 e. The van der Waals surface area contributed by atoms with Crippen LogP contribution in [0.3, 0.4) is 0 Å². The fourth-order valence-electron chi connectivity index (χ4n) is 3.31. The van der Waals surface area contributed by atoms with E-state index in [0.717, 1.165) is 25.9 Å². The van der Waals surface area contributed by atoms with Gasteiger partial charge in [-0.1, -0.05) is 6.92 Å². The lowest BCUT2D eigenvalue weighted by atomic mass is 10.1. The van der Waals surface area contributed by atoms with Gasteiger partial charge in [-0.15, -0.1) is 0 Å². The number of rotatable bonds is 6. The molecule has 1 atom stereocenters. The average Bonchev–Trinajstić information content (AvgIpc) is 2.67. The Morgan fingerprint density at radius 2 is 2.00 bits per heavy atom. The fraction of sp³-hybridized carbons (Fsp3) is 0.444. The molecule has 1 aliphatic heterocycles. The summed E-state index contributed by atoms with van der Waals surface area (Å²) in [5.41, 5.74) is 1.20. The molecule has 3 rings (SSSR count). The number of hydrogen-bond acceptors (Lipinski definition) is 5. The third-order valence-corrected chi connectivity index (χ3v) is 6.54. The number of likely N-dealkylation sites (N-methyl/N-ethyl adjacent to an activating group) is 1. The molecule has 6 nitrogen and oxygen atoms in total. The van der Waals surface area contributed by atoms with Crippen LogP contribution in [0.4, 0.5) is 0 Å². The predicted octanol–water partition coefficient (Wildman–Crippen LogP) is 2.15. The lowest BCUT2D eigenvalue weighted by Crippen LogP contribution is -2.49. The van der Waals surface area contributed by atoms with E-state index in [1.54, 1.807) is 35.0 Å². The Balaban J connectivity index is 1.74. The van der Waals surface area contributed by atoms with Crippen molar-refractivity contribution in [3.63, 3.8) is 0 Å². The molecule has 2 aromatic heterocycles. The van der Waals surface area contributed by atoms with Crippen LogP contribution < -0.4 is 0 Å². The molecule has 0 saturated carbocycles. The molecule has 134 valence electrons. The minimum atomic E-state index is -3.48. The van der Waals surface area contributed by atoms with Crippen molar-refractivity contribution in [2.24, 2.45) is 0 Å². The highest BCUT2D eigenvalue weighted by molar-refractivity contribution is 7.89. The molecule has 0 aromatic carbocycles. The maximum absolute atomic E-state index is 12.9. The van der Waals surface area contributed by atoms with E-state index in [1.165, 1.54) is 11.8 Å². The Labute approximate surface area is 149 Å². The van der Waals surface area contributed by atoms with Crippen LogP contribution in [0, 0.1) is 0 Å². The van der Waals surface area contributed by atoms with E-state index < -0.39 is 10.0 Å². The number of aromatic nitrogens is 2. The molecular formula is C18H24N4O2S. The molecule has 7 heteroatoms. The molecule has 0 amide bonds. The van der Waals surface area contributed by atoms with Gasteiger partial charge in [-0.2, -0.15) is 4.31 Å². The van der Waals surface area contributed by atoms with Crippen molar-refractivity contribution in [1.29, 1.82) is 0 Å². The van der Waals surface area contributed by atoms with E-state index in [1.807, 2.05) is 12.1 Å². The summed E-state index contributed by atoms with van der Waals surface area (Å²) < 4.78 is 27.3. The SMILES string of the molecule is CCN(Cc1ccncc1)C1CCCN(S(=O)(=O)c2cccnc2)C1. The molecule has 3 heterocycles. The van der Waals surface area contributed by atoms with Crippen LogP contribution >= 0.6 is 0 Å². The van der Waals surface area contributed by atoms with Crippen molar-refractivity contribution in [2.45, 2.75) is 37.2 Å². The van der Waals surface area contributed by atoms with Gasteiger partial charge < -0.3 is 0 Å². The summed E-state index contributed by atoms with van der Waals surface area (Å²) in [6.45, 7) is 4.91. The molecule has 1 unspecified atom stereocenters. The Kier molecular flexibility index (Phi) is 5.78. The van der Waals surface area contributed by atoms with Crippen LogP contribution in [-0.2, 0) is 16.6 Å². The summed E-state index contributed by atoms with van der Waals surface area (Å²) in [6.07, 6.45) is 8.49. The summed E-state index contributed by atoms with van der Waals surface area (Å²) in [4.78, 5) is 10.6.